The number of carbonyl (C=O) groups is 1. The van der Waals surface area contributed by atoms with Crippen molar-refractivity contribution in [1.29, 1.82) is 0 Å². The van der Waals surface area contributed by atoms with E-state index in [2.05, 4.69) is 44.0 Å². The highest BCUT2D eigenvalue weighted by molar-refractivity contribution is 6.00. The Hall–Kier alpha value is -2.75. The van der Waals surface area contributed by atoms with Gasteiger partial charge in [0.05, 0.1) is 12.6 Å². The van der Waals surface area contributed by atoms with Gasteiger partial charge in [-0.3, -0.25) is 4.79 Å². The first-order valence-electron chi connectivity index (χ1n) is 9.00. The van der Waals surface area contributed by atoms with Crippen molar-refractivity contribution < 1.29 is 9.53 Å². The van der Waals surface area contributed by atoms with Crippen molar-refractivity contribution in [2.24, 2.45) is 0 Å². The molecule has 1 aliphatic heterocycles. The summed E-state index contributed by atoms with van der Waals surface area (Å²) in [5.74, 6) is 0.803. The summed E-state index contributed by atoms with van der Waals surface area (Å²) in [6.07, 6.45) is 0.890. The van der Waals surface area contributed by atoms with Crippen LogP contribution in [0, 0.1) is 6.92 Å². The van der Waals surface area contributed by atoms with Gasteiger partial charge in [-0.25, -0.2) is 0 Å². The van der Waals surface area contributed by atoms with E-state index < -0.39 is 0 Å². The summed E-state index contributed by atoms with van der Waals surface area (Å²) in [6, 6.07) is 14.1. The molecule has 0 saturated heterocycles. The zero-order valence-electron chi connectivity index (χ0n) is 15.7. The number of benzene rings is 2. The van der Waals surface area contributed by atoms with Gasteiger partial charge in [0.25, 0.3) is 5.91 Å². The molecule has 1 aromatic heterocycles. The van der Waals surface area contributed by atoms with Crippen LogP contribution < -0.4 is 4.74 Å². The van der Waals surface area contributed by atoms with Crippen LogP contribution in [-0.4, -0.2) is 29.4 Å². The second kappa shape index (κ2) is 5.90. The largest absolute Gasteiger partial charge is 0.496 e. The molecule has 4 rings (SSSR count). The number of nitrogens with zero attached hydrogens (tertiary/aromatic N) is 1. The normalized spacial score (nSPS) is 15.8. The highest BCUT2D eigenvalue weighted by atomic mass is 16.5. The lowest BCUT2D eigenvalue weighted by Gasteiger charge is -2.44. The zero-order valence-corrected chi connectivity index (χ0v) is 15.7. The highest BCUT2D eigenvalue weighted by Crippen LogP contribution is 2.37. The van der Waals surface area contributed by atoms with Crippen LogP contribution in [0.3, 0.4) is 0 Å². The number of methoxy groups -OCH3 is 1. The fraction of sp³-hybridized carbons (Fsp3) is 0.318. The maximum atomic E-state index is 13.3. The lowest BCUT2D eigenvalue weighted by Crippen LogP contribution is -2.50. The van der Waals surface area contributed by atoms with E-state index in [-0.39, 0.29) is 11.4 Å². The number of nitrogens with one attached hydrogen (secondary N) is 1. The van der Waals surface area contributed by atoms with Crippen molar-refractivity contribution in [3.8, 4) is 5.75 Å². The van der Waals surface area contributed by atoms with E-state index in [1.54, 1.807) is 7.11 Å². The Balaban J connectivity index is 1.75. The number of aryl methyl sites for hydroxylation is 1. The van der Waals surface area contributed by atoms with E-state index in [9.17, 15) is 4.79 Å². The van der Waals surface area contributed by atoms with Gasteiger partial charge in [-0.05, 0) is 62.1 Å². The SMILES string of the molecule is COc1cccc2[nH]c(C(=O)N3CCc4c(C)cccc4C3(C)C)cc12. The molecule has 0 spiro atoms. The van der Waals surface area contributed by atoms with E-state index in [1.165, 1.54) is 16.7 Å². The third kappa shape index (κ3) is 2.40. The lowest BCUT2D eigenvalue weighted by molar-refractivity contribution is 0.0507. The zero-order chi connectivity index (χ0) is 18.5. The average Bonchev–Trinajstić information content (AvgIpc) is 3.06. The molecule has 0 bridgehead atoms. The number of H-pyrrole nitrogens is 1. The summed E-state index contributed by atoms with van der Waals surface area (Å²) < 4.78 is 5.42. The molecule has 1 aliphatic rings. The first kappa shape index (κ1) is 16.7. The van der Waals surface area contributed by atoms with Crippen LogP contribution >= 0.6 is 0 Å². The van der Waals surface area contributed by atoms with Crippen LogP contribution in [0.15, 0.2) is 42.5 Å². The van der Waals surface area contributed by atoms with E-state index >= 15 is 0 Å². The van der Waals surface area contributed by atoms with E-state index in [4.69, 9.17) is 4.74 Å². The summed E-state index contributed by atoms with van der Waals surface area (Å²) in [6.45, 7) is 7.13. The topological polar surface area (TPSA) is 45.3 Å². The van der Waals surface area contributed by atoms with Crippen LogP contribution in [0.25, 0.3) is 10.9 Å². The molecule has 3 aromatic rings. The molecular weight excluding hydrogens is 324 g/mol. The molecule has 4 heteroatoms. The van der Waals surface area contributed by atoms with Gasteiger partial charge in [0.2, 0.25) is 0 Å². The average molecular weight is 348 g/mol. The molecule has 0 atom stereocenters. The quantitative estimate of drug-likeness (QED) is 0.745. The van der Waals surface area contributed by atoms with Crippen molar-refractivity contribution >= 4 is 16.8 Å². The van der Waals surface area contributed by atoms with Gasteiger partial charge < -0.3 is 14.6 Å². The number of hydrogen-bond donors (Lipinski definition) is 1. The lowest BCUT2D eigenvalue weighted by atomic mass is 9.81. The van der Waals surface area contributed by atoms with Gasteiger partial charge in [0.1, 0.15) is 11.4 Å². The smallest absolute Gasteiger partial charge is 0.271 e. The van der Waals surface area contributed by atoms with E-state index in [0.717, 1.165) is 29.6 Å². The summed E-state index contributed by atoms with van der Waals surface area (Å²) in [7, 11) is 1.65. The molecule has 0 radical (unpaired) electrons. The number of aromatic amines is 1. The molecule has 0 aliphatic carbocycles. The molecule has 4 nitrogen and oxygen atoms in total. The first-order chi connectivity index (χ1) is 12.4. The highest BCUT2D eigenvalue weighted by Gasteiger charge is 2.38. The molecule has 26 heavy (non-hydrogen) atoms. The molecule has 1 amide bonds. The third-order valence-corrected chi connectivity index (χ3v) is 5.65. The Morgan fingerprint density at radius 3 is 2.73 bits per heavy atom. The van der Waals surface area contributed by atoms with Gasteiger partial charge >= 0.3 is 0 Å². The van der Waals surface area contributed by atoms with Gasteiger partial charge in [-0.15, -0.1) is 0 Å². The van der Waals surface area contributed by atoms with Crippen LogP contribution in [0.5, 0.6) is 5.75 Å². The number of ether oxygens (including phenoxy) is 1. The Bertz CT molecular complexity index is 1000. The van der Waals surface area contributed by atoms with Gasteiger partial charge in [-0.2, -0.15) is 0 Å². The second-order valence-electron chi connectivity index (χ2n) is 7.47. The van der Waals surface area contributed by atoms with Crippen molar-refractivity contribution in [3.63, 3.8) is 0 Å². The summed E-state index contributed by atoms with van der Waals surface area (Å²) in [4.78, 5) is 18.6. The minimum absolute atomic E-state index is 0.0282. The van der Waals surface area contributed by atoms with Crippen molar-refractivity contribution in [1.82, 2.24) is 9.88 Å². The molecular formula is C22H24N2O2. The third-order valence-electron chi connectivity index (χ3n) is 5.65. The second-order valence-corrected chi connectivity index (χ2v) is 7.47. The first-order valence-corrected chi connectivity index (χ1v) is 9.00. The maximum absolute atomic E-state index is 13.3. The molecule has 2 aromatic carbocycles. The number of fused-ring (bicyclic) bond motifs is 2. The molecule has 0 saturated carbocycles. The van der Waals surface area contributed by atoms with Crippen LogP contribution in [0.4, 0.5) is 0 Å². The Kier molecular flexibility index (Phi) is 3.79. The summed E-state index contributed by atoms with van der Waals surface area (Å²) in [5, 5.41) is 0.935. The Morgan fingerprint density at radius 1 is 1.19 bits per heavy atom. The predicted octanol–water partition coefficient (Wildman–Crippen LogP) is 4.42. The molecule has 134 valence electrons. The predicted molar refractivity (Wildman–Crippen MR) is 104 cm³/mol. The number of rotatable bonds is 2. The van der Waals surface area contributed by atoms with Crippen LogP contribution in [0.2, 0.25) is 0 Å². The van der Waals surface area contributed by atoms with Crippen molar-refractivity contribution in [2.75, 3.05) is 13.7 Å². The molecule has 0 fully saturated rings. The Morgan fingerprint density at radius 2 is 1.96 bits per heavy atom. The van der Waals surface area contributed by atoms with Gasteiger partial charge in [-0.1, -0.05) is 24.3 Å². The summed E-state index contributed by atoms with van der Waals surface area (Å²) in [5.41, 5.74) is 5.09. The van der Waals surface area contributed by atoms with Crippen LogP contribution in [-0.2, 0) is 12.0 Å². The number of aromatic nitrogens is 1. The fourth-order valence-corrected chi connectivity index (χ4v) is 4.18. The fourth-order valence-electron chi connectivity index (χ4n) is 4.18. The number of carbonyl (C=O) groups excluding carboxylic acids is 1. The maximum Gasteiger partial charge on any atom is 0.271 e. The number of hydrogen-bond acceptors (Lipinski definition) is 2. The van der Waals surface area contributed by atoms with E-state index in [1.807, 2.05) is 29.2 Å². The monoisotopic (exact) mass is 348 g/mol. The molecule has 1 N–H and O–H groups in total. The standard InChI is InChI=1S/C22H24N2O2/c1-14-7-5-8-17-15(14)11-12-24(22(17,2)3)21(25)19-13-16-18(23-19)9-6-10-20(16)26-4/h5-10,13,23H,11-12H2,1-4H3. The molecule has 2 heterocycles. The number of amides is 1. The minimum Gasteiger partial charge on any atom is -0.496 e. The van der Waals surface area contributed by atoms with Crippen molar-refractivity contribution in [3.05, 3.63) is 64.8 Å². The van der Waals surface area contributed by atoms with Crippen molar-refractivity contribution in [2.45, 2.75) is 32.7 Å². The van der Waals surface area contributed by atoms with E-state index in [0.29, 0.717) is 5.69 Å². The molecule has 0 unspecified atom stereocenters. The minimum atomic E-state index is -0.349. The Labute approximate surface area is 153 Å². The van der Waals surface area contributed by atoms with Gasteiger partial charge in [0.15, 0.2) is 0 Å². The van der Waals surface area contributed by atoms with Crippen LogP contribution in [0.1, 0.15) is 41.0 Å². The summed E-state index contributed by atoms with van der Waals surface area (Å²) >= 11 is 0. The van der Waals surface area contributed by atoms with Gasteiger partial charge in [0, 0.05) is 17.4 Å².